The van der Waals surface area contributed by atoms with Gasteiger partial charge >= 0.3 is 5.97 Å². The highest BCUT2D eigenvalue weighted by atomic mass is 16.5. The van der Waals surface area contributed by atoms with Gasteiger partial charge in [0.1, 0.15) is 11.5 Å². The Morgan fingerprint density at radius 3 is 2.94 bits per heavy atom. The maximum atomic E-state index is 10.5. The summed E-state index contributed by atoms with van der Waals surface area (Å²) < 4.78 is 10.2. The lowest BCUT2D eigenvalue weighted by Gasteiger charge is -2.03. The molecular formula is C11H9NO5. The fourth-order valence-electron chi connectivity index (χ4n) is 1.19. The number of hydrogen-bond donors (Lipinski definition) is 2. The van der Waals surface area contributed by atoms with Crippen LogP contribution in [0.3, 0.4) is 0 Å². The Kier molecular flexibility index (Phi) is 2.95. The molecular weight excluding hydrogens is 226 g/mol. The van der Waals surface area contributed by atoms with E-state index in [9.17, 15) is 9.90 Å². The minimum absolute atomic E-state index is 0.00324. The summed E-state index contributed by atoms with van der Waals surface area (Å²) in [7, 11) is 0. The third-order valence-electron chi connectivity index (χ3n) is 1.94. The highest BCUT2D eigenvalue weighted by molar-refractivity contribution is 5.83. The summed E-state index contributed by atoms with van der Waals surface area (Å²) in [6.07, 6.45) is 1.11. The van der Waals surface area contributed by atoms with Crippen LogP contribution in [0.4, 0.5) is 0 Å². The Morgan fingerprint density at radius 1 is 1.47 bits per heavy atom. The highest BCUT2D eigenvalue weighted by Crippen LogP contribution is 2.18. The Labute approximate surface area is 96.1 Å². The summed E-state index contributed by atoms with van der Waals surface area (Å²) in [6, 6.07) is 6.23. The predicted octanol–water partition coefficient (Wildman–Crippen LogP) is 1.66. The topological polar surface area (TPSA) is 92.8 Å². The zero-order valence-electron chi connectivity index (χ0n) is 8.66. The van der Waals surface area contributed by atoms with Crippen LogP contribution < -0.4 is 4.74 Å². The lowest BCUT2D eigenvalue weighted by atomic mass is 10.3. The van der Waals surface area contributed by atoms with Crippen molar-refractivity contribution in [2.45, 2.75) is 6.61 Å². The number of benzene rings is 1. The molecule has 0 bridgehead atoms. The van der Waals surface area contributed by atoms with Crippen molar-refractivity contribution in [1.29, 1.82) is 0 Å². The molecule has 2 N–H and O–H groups in total. The normalized spacial score (nSPS) is 10.1. The molecule has 1 aromatic carbocycles. The Hall–Kier alpha value is -2.50. The molecule has 6 heteroatoms. The van der Waals surface area contributed by atoms with Crippen LogP contribution in [0.25, 0.3) is 0 Å². The summed E-state index contributed by atoms with van der Waals surface area (Å²) >= 11 is 0. The quantitative estimate of drug-likeness (QED) is 0.837. The first-order valence-electron chi connectivity index (χ1n) is 4.75. The van der Waals surface area contributed by atoms with E-state index in [4.69, 9.17) is 14.3 Å². The molecule has 88 valence electrons. The number of oxazole rings is 1. The molecule has 0 unspecified atom stereocenters. The number of carboxylic acids is 1. The zero-order valence-corrected chi connectivity index (χ0v) is 8.66. The summed E-state index contributed by atoms with van der Waals surface area (Å²) in [5, 5.41) is 17.8. The second-order valence-electron chi connectivity index (χ2n) is 3.21. The third-order valence-corrected chi connectivity index (χ3v) is 1.94. The fraction of sp³-hybridized carbons (Fsp3) is 0.0909. The van der Waals surface area contributed by atoms with Gasteiger partial charge < -0.3 is 19.4 Å². The van der Waals surface area contributed by atoms with Crippen molar-refractivity contribution in [2.75, 3.05) is 0 Å². The van der Waals surface area contributed by atoms with Crippen LogP contribution in [0, 0.1) is 0 Å². The molecule has 0 saturated carbocycles. The van der Waals surface area contributed by atoms with Crippen LogP contribution in [-0.2, 0) is 6.61 Å². The minimum atomic E-state index is -1.18. The summed E-state index contributed by atoms with van der Waals surface area (Å²) in [4.78, 5) is 14.3. The van der Waals surface area contributed by atoms with Crippen molar-refractivity contribution >= 4 is 5.97 Å². The monoisotopic (exact) mass is 235 g/mol. The van der Waals surface area contributed by atoms with E-state index in [1.807, 2.05) is 0 Å². The van der Waals surface area contributed by atoms with Gasteiger partial charge in [0.05, 0.1) is 6.20 Å². The number of phenolic OH excluding ortho intramolecular Hbond substituents is 1. The molecule has 0 atom stereocenters. The summed E-state index contributed by atoms with van der Waals surface area (Å²) in [5.41, 5.74) is 0. The number of phenols is 1. The molecule has 0 spiro atoms. The second kappa shape index (κ2) is 4.56. The van der Waals surface area contributed by atoms with Gasteiger partial charge in [-0.15, -0.1) is 0 Å². The SMILES string of the molecule is O=C(O)c1cnc(COc2cccc(O)c2)o1. The van der Waals surface area contributed by atoms with E-state index in [1.54, 1.807) is 12.1 Å². The van der Waals surface area contributed by atoms with E-state index in [2.05, 4.69) is 4.98 Å². The molecule has 2 rings (SSSR count). The van der Waals surface area contributed by atoms with E-state index < -0.39 is 5.97 Å². The first kappa shape index (κ1) is 11.0. The van der Waals surface area contributed by atoms with E-state index in [0.29, 0.717) is 5.75 Å². The van der Waals surface area contributed by atoms with Crippen molar-refractivity contribution in [3.63, 3.8) is 0 Å². The maximum absolute atomic E-state index is 10.5. The van der Waals surface area contributed by atoms with Gasteiger partial charge in [-0.1, -0.05) is 6.07 Å². The molecule has 6 nitrogen and oxygen atoms in total. The molecule has 2 aromatic rings. The smallest absolute Gasteiger partial charge is 0.373 e. The molecule has 0 amide bonds. The average molecular weight is 235 g/mol. The third kappa shape index (κ3) is 2.75. The number of carboxylic acid groups (broad SMARTS) is 1. The average Bonchev–Trinajstić information content (AvgIpc) is 2.75. The van der Waals surface area contributed by atoms with Crippen LogP contribution in [0.5, 0.6) is 11.5 Å². The van der Waals surface area contributed by atoms with Gasteiger partial charge in [-0.3, -0.25) is 0 Å². The second-order valence-corrected chi connectivity index (χ2v) is 3.21. The number of aromatic nitrogens is 1. The molecule has 0 saturated heterocycles. The van der Waals surface area contributed by atoms with Crippen LogP contribution >= 0.6 is 0 Å². The molecule has 17 heavy (non-hydrogen) atoms. The van der Waals surface area contributed by atoms with Gasteiger partial charge in [-0.25, -0.2) is 9.78 Å². The van der Waals surface area contributed by atoms with Crippen LogP contribution in [-0.4, -0.2) is 21.2 Å². The number of rotatable bonds is 4. The van der Waals surface area contributed by atoms with Crippen LogP contribution in [0.2, 0.25) is 0 Å². The number of ether oxygens (including phenoxy) is 1. The number of carbonyl (C=O) groups is 1. The van der Waals surface area contributed by atoms with E-state index in [1.165, 1.54) is 12.1 Å². The van der Waals surface area contributed by atoms with Gasteiger partial charge in [-0.2, -0.15) is 0 Å². The van der Waals surface area contributed by atoms with Gasteiger partial charge in [0, 0.05) is 6.07 Å². The molecule has 1 heterocycles. The standard InChI is InChI=1S/C11H9NO5/c13-7-2-1-3-8(4-7)16-6-10-12-5-9(17-10)11(14)15/h1-5,13H,6H2,(H,14,15). The van der Waals surface area contributed by atoms with E-state index in [0.717, 1.165) is 6.20 Å². The van der Waals surface area contributed by atoms with E-state index in [-0.39, 0.29) is 24.0 Å². The van der Waals surface area contributed by atoms with Gasteiger partial charge in [-0.05, 0) is 12.1 Å². The fourth-order valence-corrected chi connectivity index (χ4v) is 1.19. The maximum Gasteiger partial charge on any atom is 0.373 e. The zero-order chi connectivity index (χ0) is 12.3. The minimum Gasteiger partial charge on any atom is -0.508 e. The number of aromatic hydroxyl groups is 1. The Balaban J connectivity index is 2.00. The molecule has 0 aliphatic heterocycles. The van der Waals surface area contributed by atoms with Crippen molar-refractivity contribution in [2.24, 2.45) is 0 Å². The van der Waals surface area contributed by atoms with Gasteiger partial charge in [0.2, 0.25) is 11.7 Å². The van der Waals surface area contributed by atoms with Gasteiger partial charge in [0.25, 0.3) is 0 Å². The van der Waals surface area contributed by atoms with Crippen LogP contribution in [0.1, 0.15) is 16.4 Å². The molecule has 0 aliphatic carbocycles. The first-order valence-corrected chi connectivity index (χ1v) is 4.75. The van der Waals surface area contributed by atoms with Crippen molar-refractivity contribution in [3.05, 3.63) is 42.1 Å². The lowest BCUT2D eigenvalue weighted by molar-refractivity contribution is 0.0658. The van der Waals surface area contributed by atoms with E-state index >= 15 is 0 Å². The summed E-state index contributed by atoms with van der Waals surface area (Å²) in [6.45, 7) is -0.00324. The first-order chi connectivity index (χ1) is 8.15. The number of hydrogen-bond acceptors (Lipinski definition) is 5. The Bertz CT molecular complexity index is 534. The largest absolute Gasteiger partial charge is 0.508 e. The number of nitrogens with zero attached hydrogens (tertiary/aromatic N) is 1. The molecule has 0 aliphatic rings. The van der Waals surface area contributed by atoms with Crippen molar-refractivity contribution < 1.29 is 24.2 Å². The highest BCUT2D eigenvalue weighted by Gasteiger charge is 2.10. The predicted molar refractivity (Wildman–Crippen MR) is 55.9 cm³/mol. The molecule has 1 aromatic heterocycles. The molecule has 0 radical (unpaired) electrons. The molecule has 0 fully saturated rings. The lowest BCUT2D eigenvalue weighted by Crippen LogP contribution is -1.95. The van der Waals surface area contributed by atoms with Crippen LogP contribution in [0.15, 0.2) is 34.9 Å². The van der Waals surface area contributed by atoms with Gasteiger partial charge in [0.15, 0.2) is 6.61 Å². The Morgan fingerprint density at radius 2 is 2.29 bits per heavy atom. The summed E-state index contributed by atoms with van der Waals surface area (Å²) in [5.74, 6) is -0.729. The number of aromatic carboxylic acids is 1. The van der Waals surface area contributed by atoms with Crippen molar-refractivity contribution in [3.8, 4) is 11.5 Å². The van der Waals surface area contributed by atoms with Crippen molar-refractivity contribution in [1.82, 2.24) is 4.98 Å².